The van der Waals surface area contributed by atoms with E-state index in [-0.39, 0.29) is 18.7 Å². The van der Waals surface area contributed by atoms with Crippen LogP contribution in [0, 0.1) is 19.8 Å². The van der Waals surface area contributed by atoms with Crippen LogP contribution >= 0.6 is 0 Å². The fourth-order valence-corrected chi connectivity index (χ4v) is 2.64. The van der Waals surface area contributed by atoms with E-state index in [4.69, 9.17) is 9.47 Å². The highest BCUT2D eigenvalue weighted by molar-refractivity contribution is 5.89. The van der Waals surface area contributed by atoms with Gasteiger partial charge in [0.2, 0.25) is 6.79 Å². The maximum Gasteiger partial charge on any atom is 0.319 e. The highest BCUT2D eigenvalue weighted by Crippen LogP contribution is 2.34. The molecule has 0 aliphatic carbocycles. The molecule has 0 saturated carbocycles. The fourth-order valence-electron chi connectivity index (χ4n) is 2.64. The molecular formula is C17H22N4O3. The lowest BCUT2D eigenvalue weighted by Crippen LogP contribution is -2.33. The quantitative estimate of drug-likeness (QED) is 0.883. The monoisotopic (exact) mass is 330 g/mol. The van der Waals surface area contributed by atoms with Gasteiger partial charge in [0.05, 0.1) is 5.69 Å². The summed E-state index contributed by atoms with van der Waals surface area (Å²) in [4.78, 5) is 12.0. The van der Waals surface area contributed by atoms with Gasteiger partial charge in [-0.3, -0.25) is 4.68 Å². The minimum absolute atomic E-state index is 0.217. The number of fused-ring (bicyclic) bond motifs is 1. The molecule has 0 bridgehead atoms. The molecule has 2 amide bonds. The van der Waals surface area contributed by atoms with Crippen LogP contribution in [0.1, 0.15) is 18.3 Å². The zero-order chi connectivity index (χ0) is 17.1. The summed E-state index contributed by atoms with van der Waals surface area (Å²) >= 11 is 0. The maximum absolute atomic E-state index is 12.0. The van der Waals surface area contributed by atoms with Crippen molar-refractivity contribution in [1.82, 2.24) is 15.1 Å². The third kappa shape index (κ3) is 3.79. The van der Waals surface area contributed by atoms with Gasteiger partial charge in [-0.25, -0.2) is 4.79 Å². The van der Waals surface area contributed by atoms with Gasteiger partial charge >= 0.3 is 6.03 Å². The molecule has 1 aromatic heterocycles. The predicted molar refractivity (Wildman–Crippen MR) is 90.5 cm³/mol. The molecule has 1 unspecified atom stereocenters. The van der Waals surface area contributed by atoms with Crippen LogP contribution in [-0.4, -0.2) is 29.1 Å². The molecule has 7 heteroatoms. The van der Waals surface area contributed by atoms with Gasteiger partial charge < -0.3 is 20.1 Å². The summed E-state index contributed by atoms with van der Waals surface area (Å²) in [7, 11) is 0. The zero-order valence-corrected chi connectivity index (χ0v) is 14.1. The van der Waals surface area contributed by atoms with Gasteiger partial charge in [0.25, 0.3) is 0 Å². The van der Waals surface area contributed by atoms with E-state index in [0.29, 0.717) is 23.7 Å². The number of amides is 2. The Labute approximate surface area is 140 Å². The van der Waals surface area contributed by atoms with E-state index in [9.17, 15) is 4.79 Å². The van der Waals surface area contributed by atoms with Crippen LogP contribution in [0.5, 0.6) is 11.5 Å². The fraction of sp³-hybridized carbons (Fsp3) is 0.412. The number of hydrogen-bond donors (Lipinski definition) is 2. The molecule has 1 aliphatic heterocycles. The van der Waals surface area contributed by atoms with Crippen LogP contribution in [0.15, 0.2) is 24.3 Å². The Morgan fingerprint density at radius 3 is 2.83 bits per heavy atom. The van der Waals surface area contributed by atoms with E-state index in [2.05, 4.69) is 22.7 Å². The molecule has 0 radical (unpaired) electrons. The number of carbonyl (C=O) groups excluding carboxylic acids is 1. The molecule has 2 N–H and O–H groups in total. The number of nitrogens with zero attached hydrogens (tertiary/aromatic N) is 2. The van der Waals surface area contributed by atoms with Gasteiger partial charge in [-0.05, 0) is 38.0 Å². The Bertz CT molecular complexity index is 741. The first-order valence-electron chi connectivity index (χ1n) is 7.97. The summed E-state index contributed by atoms with van der Waals surface area (Å²) in [6.45, 7) is 7.64. The Morgan fingerprint density at radius 1 is 1.29 bits per heavy atom. The molecule has 128 valence electrons. The van der Waals surface area contributed by atoms with Gasteiger partial charge in [-0.1, -0.05) is 6.92 Å². The predicted octanol–water partition coefficient (Wildman–Crippen LogP) is 2.69. The lowest BCUT2D eigenvalue weighted by atomic mass is 10.2. The van der Waals surface area contributed by atoms with Crippen LogP contribution in [0.3, 0.4) is 0 Å². The van der Waals surface area contributed by atoms with Crippen molar-refractivity contribution in [2.45, 2.75) is 27.3 Å². The SMILES string of the molecule is Cc1cc(C)n(CC(C)CNC(=O)Nc2ccc3c(c2)OCO3)n1. The lowest BCUT2D eigenvalue weighted by molar-refractivity contribution is 0.174. The number of nitrogens with one attached hydrogen (secondary N) is 2. The Kier molecular flexibility index (Phi) is 4.59. The van der Waals surface area contributed by atoms with E-state index in [1.807, 2.05) is 24.6 Å². The number of ether oxygens (including phenoxy) is 2. The minimum atomic E-state index is -0.242. The average molecular weight is 330 g/mol. The largest absolute Gasteiger partial charge is 0.454 e. The molecule has 1 aliphatic rings. The Balaban J connectivity index is 1.47. The number of hydrogen-bond acceptors (Lipinski definition) is 4. The van der Waals surface area contributed by atoms with Crippen molar-refractivity contribution in [3.63, 3.8) is 0 Å². The molecular weight excluding hydrogens is 308 g/mol. The molecule has 1 aromatic carbocycles. The van der Waals surface area contributed by atoms with Gasteiger partial charge in [-0.2, -0.15) is 5.10 Å². The number of anilines is 1. The summed E-state index contributed by atoms with van der Waals surface area (Å²) < 4.78 is 12.5. The average Bonchev–Trinajstić information content (AvgIpc) is 3.11. The topological polar surface area (TPSA) is 77.4 Å². The lowest BCUT2D eigenvalue weighted by Gasteiger charge is -2.14. The van der Waals surface area contributed by atoms with Gasteiger partial charge in [0, 0.05) is 30.5 Å². The van der Waals surface area contributed by atoms with Crippen LogP contribution in [0.2, 0.25) is 0 Å². The van der Waals surface area contributed by atoms with Crippen molar-refractivity contribution in [3.8, 4) is 11.5 Å². The van der Waals surface area contributed by atoms with Crippen molar-refractivity contribution in [2.24, 2.45) is 5.92 Å². The van der Waals surface area contributed by atoms with Crippen molar-refractivity contribution in [3.05, 3.63) is 35.7 Å². The summed E-state index contributed by atoms with van der Waals surface area (Å²) in [5, 5.41) is 10.1. The second kappa shape index (κ2) is 6.82. The van der Waals surface area contributed by atoms with E-state index in [1.54, 1.807) is 18.2 Å². The van der Waals surface area contributed by atoms with E-state index >= 15 is 0 Å². The summed E-state index contributed by atoms with van der Waals surface area (Å²) in [5.41, 5.74) is 2.81. The van der Waals surface area contributed by atoms with E-state index in [1.165, 1.54) is 0 Å². The number of carbonyl (C=O) groups is 1. The van der Waals surface area contributed by atoms with Gasteiger partial charge in [-0.15, -0.1) is 0 Å². The molecule has 2 aromatic rings. The number of urea groups is 1. The van der Waals surface area contributed by atoms with Crippen LogP contribution < -0.4 is 20.1 Å². The standard InChI is InChI=1S/C17H22N4O3/c1-11(9-21-13(3)6-12(2)20-21)8-18-17(22)19-14-4-5-15-16(7-14)24-10-23-15/h4-7,11H,8-10H2,1-3H3,(H2,18,19,22). The summed E-state index contributed by atoms with van der Waals surface area (Å²) in [6.07, 6.45) is 0. The molecule has 1 atom stereocenters. The second-order valence-corrected chi connectivity index (χ2v) is 6.12. The van der Waals surface area contributed by atoms with Crippen molar-refractivity contribution in [2.75, 3.05) is 18.7 Å². The number of aryl methyl sites for hydroxylation is 2. The normalized spacial score (nSPS) is 13.6. The molecule has 0 fully saturated rings. The summed E-state index contributed by atoms with van der Waals surface area (Å²) in [5.74, 6) is 1.61. The van der Waals surface area contributed by atoms with Crippen molar-refractivity contribution in [1.29, 1.82) is 0 Å². The Hall–Kier alpha value is -2.70. The molecule has 0 spiro atoms. The number of benzene rings is 1. The van der Waals surface area contributed by atoms with Crippen molar-refractivity contribution < 1.29 is 14.3 Å². The number of aromatic nitrogens is 2. The second-order valence-electron chi connectivity index (χ2n) is 6.12. The van der Waals surface area contributed by atoms with E-state index < -0.39 is 0 Å². The van der Waals surface area contributed by atoms with Gasteiger partial charge in [0.15, 0.2) is 11.5 Å². The summed E-state index contributed by atoms with van der Waals surface area (Å²) in [6, 6.07) is 7.12. The third-order valence-corrected chi connectivity index (χ3v) is 3.83. The minimum Gasteiger partial charge on any atom is -0.454 e. The molecule has 2 heterocycles. The zero-order valence-electron chi connectivity index (χ0n) is 14.1. The first-order valence-corrected chi connectivity index (χ1v) is 7.97. The highest BCUT2D eigenvalue weighted by atomic mass is 16.7. The van der Waals surface area contributed by atoms with Crippen LogP contribution in [0.25, 0.3) is 0 Å². The Morgan fingerprint density at radius 2 is 2.08 bits per heavy atom. The third-order valence-electron chi connectivity index (χ3n) is 3.83. The number of rotatable bonds is 5. The first kappa shape index (κ1) is 16.2. The van der Waals surface area contributed by atoms with Crippen molar-refractivity contribution >= 4 is 11.7 Å². The first-order chi connectivity index (χ1) is 11.5. The van der Waals surface area contributed by atoms with Gasteiger partial charge in [0.1, 0.15) is 0 Å². The molecule has 7 nitrogen and oxygen atoms in total. The molecule has 24 heavy (non-hydrogen) atoms. The smallest absolute Gasteiger partial charge is 0.319 e. The van der Waals surface area contributed by atoms with Crippen LogP contribution in [-0.2, 0) is 6.54 Å². The van der Waals surface area contributed by atoms with Crippen LogP contribution in [0.4, 0.5) is 10.5 Å². The van der Waals surface area contributed by atoms with E-state index in [0.717, 1.165) is 17.9 Å². The highest BCUT2D eigenvalue weighted by Gasteiger charge is 2.14. The maximum atomic E-state index is 12.0. The molecule has 0 saturated heterocycles. The molecule has 3 rings (SSSR count).